The van der Waals surface area contributed by atoms with E-state index in [1.807, 2.05) is 12.1 Å². The SMILES string of the molecule is COc1ccc(CCNC(=O)CC(C)C2CCNCC2)c(OC)c1OC. The first-order valence-electron chi connectivity index (χ1n) is 9.36. The lowest BCUT2D eigenvalue weighted by atomic mass is 9.84. The van der Waals surface area contributed by atoms with Crippen LogP contribution in [0.1, 0.15) is 31.7 Å². The quantitative estimate of drug-likeness (QED) is 0.704. The summed E-state index contributed by atoms with van der Waals surface area (Å²) in [6, 6.07) is 3.81. The summed E-state index contributed by atoms with van der Waals surface area (Å²) in [7, 11) is 4.80. The minimum absolute atomic E-state index is 0.121. The van der Waals surface area contributed by atoms with Gasteiger partial charge in [0.15, 0.2) is 11.5 Å². The fourth-order valence-corrected chi connectivity index (χ4v) is 3.64. The Balaban J connectivity index is 1.86. The van der Waals surface area contributed by atoms with Crippen LogP contribution in [0.2, 0.25) is 0 Å². The van der Waals surface area contributed by atoms with E-state index in [2.05, 4.69) is 17.6 Å². The molecule has 6 nitrogen and oxygen atoms in total. The predicted octanol–water partition coefficient (Wildman–Crippen LogP) is 2.40. The molecule has 146 valence electrons. The predicted molar refractivity (Wildman–Crippen MR) is 102 cm³/mol. The van der Waals surface area contributed by atoms with E-state index in [0.29, 0.717) is 48.5 Å². The number of nitrogens with one attached hydrogen (secondary N) is 2. The van der Waals surface area contributed by atoms with Gasteiger partial charge in [-0.25, -0.2) is 0 Å². The summed E-state index contributed by atoms with van der Waals surface area (Å²) < 4.78 is 16.2. The molecule has 1 amide bonds. The first-order valence-corrected chi connectivity index (χ1v) is 9.36. The Morgan fingerprint density at radius 3 is 2.46 bits per heavy atom. The van der Waals surface area contributed by atoms with Crippen LogP contribution in [0.5, 0.6) is 17.2 Å². The van der Waals surface area contributed by atoms with Crippen LogP contribution in [-0.4, -0.2) is 46.9 Å². The largest absolute Gasteiger partial charge is 0.493 e. The van der Waals surface area contributed by atoms with Crippen LogP contribution in [0.25, 0.3) is 0 Å². The first kappa shape index (κ1) is 20.4. The minimum Gasteiger partial charge on any atom is -0.493 e. The number of piperidine rings is 1. The molecule has 0 radical (unpaired) electrons. The molecule has 0 spiro atoms. The van der Waals surface area contributed by atoms with Gasteiger partial charge in [0, 0.05) is 18.5 Å². The zero-order valence-electron chi connectivity index (χ0n) is 16.4. The lowest BCUT2D eigenvalue weighted by molar-refractivity contribution is -0.122. The number of ether oxygens (including phenoxy) is 3. The Bertz CT molecular complexity index is 585. The van der Waals surface area contributed by atoms with Crippen molar-refractivity contribution in [3.8, 4) is 17.2 Å². The molecule has 0 aliphatic carbocycles. The first-order chi connectivity index (χ1) is 12.6. The maximum Gasteiger partial charge on any atom is 0.220 e. The second-order valence-electron chi connectivity index (χ2n) is 6.86. The number of carbonyl (C=O) groups excluding carboxylic acids is 1. The Kier molecular flexibility index (Phi) is 8.04. The summed E-state index contributed by atoms with van der Waals surface area (Å²) in [6.45, 7) is 4.89. The third kappa shape index (κ3) is 5.27. The van der Waals surface area contributed by atoms with Crippen molar-refractivity contribution in [1.82, 2.24) is 10.6 Å². The molecular weight excluding hydrogens is 332 g/mol. The number of hydrogen-bond donors (Lipinski definition) is 2. The highest BCUT2D eigenvalue weighted by atomic mass is 16.5. The van der Waals surface area contributed by atoms with Crippen molar-refractivity contribution in [3.05, 3.63) is 17.7 Å². The van der Waals surface area contributed by atoms with Crippen LogP contribution >= 0.6 is 0 Å². The van der Waals surface area contributed by atoms with Gasteiger partial charge in [-0.15, -0.1) is 0 Å². The van der Waals surface area contributed by atoms with E-state index >= 15 is 0 Å². The zero-order valence-corrected chi connectivity index (χ0v) is 16.4. The van der Waals surface area contributed by atoms with Crippen molar-refractivity contribution >= 4 is 5.91 Å². The van der Waals surface area contributed by atoms with Crippen LogP contribution in [-0.2, 0) is 11.2 Å². The van der Waals surface area contributed by atoms with Crippen LogP contribution in [0.3, 0.4) is 0 Å². The van der Waals surface area contributed by atoms with Gasteiger partial charge in [-0.2, -0.15) is 0 Å². The van der Waals surface area contributed by atoms with Crippen LogP contribution in [0.4, 0.5) is 0 Å². The highest BCUT2D eigenvalue weighted by molar-refractivity contribution is 5.76. The van der Waals surface area contributed by atoms with Gasteiger partial charge in [-0.3, -0.25) is 4.79 Å². The second kappa shape index (κ2) is 10.3. The number of hydrogen-bond acceptors (Lipinski definition) is 5. The van der Waals surface area contributed by atoms with Gasteiger partial charge in [0.2, 0.25) is 11.7 Å². The minimum atomic E-state index is 0.121. The van der Waals surface area contributed by atoms with Crippen LogP contribution in [0.15, 0.2) is 12.1 Å². The maximum absolute atomic E-state index is 12.3. The average Bonchev–Trinajstić information content (AvgIpc) is 2.67. The van der Waals surface area contributed by atoms with E-state index in [9.17, 15) is 4.79 Å². The number of carbonyl (C=O) groups is 1. The maximum atomic E-state index is 12.3. The standard InChI is InChI=1S/C20H32N2O4/c1-14(15-7-10-21-11-8-15)13-18(23)22-12-9-16-5-6-17(24-2)20(26-4)19(16)25-3/h5-6,14-15,21H,7-13H2,1-4H3,(H,22,23). The fraction of sp³-hybridized carbons (Fsp3) is 0.650. The Morgan fingerprint density at radius 2 is 1.85 bits per heavy atom. The third-order valence-corrected chi connectivity index (χ3v) is 5.20. The summed E-state index contributed by atoms with van der Waals surface area (Å²) in [6.07, 6.45) is 3.60. The van der Waals surface area contributed by atoms with Crippen molar-refractivity contribution < 1.29 is 19.0 Å². The van der Waals surface area contributed by atoms with Crippen LogP contribution in [0, 0.1) is 11.8 Å². The van der Waals surface area contributed by atoms with E-state index in [1.54, 1.807) is 21.3 Å². The van der Waals surface area contributed by atoms with E-state index in [0.717, 1.165) is 31.5 Å². The molecule has 1 aliphatic heterocycles. The lowest BCUT2D eigenvalue weighted by Gasteiger charge is -2.27. The topological polar surface area (TPSA) is 68.8 Å². The van der Waals surface area contributed by atoms with Crippen molar-refractivity contribution in [1.29, 1.82) is 0 Å². The van der Waals surface area contributed by atoms with Crippen molar-refractivity contribution in [2.45, 2.75) is 32.6 Å². The van der Waals surface area contributed by atoms with Gasteiger partial charge in [0.1, 0.15) is 0 Å². The molecule has 1 aliphatic rings. The van der Waals surface area contributed by atoms with Gasteiger partial charge >= 0.3 is 0 Å². The van der Waals surface area contributed by atoms with Crippen molar-refractivity contribution in [2.75, 3.05) is 41.0 Å². The average molecular weight is 364 g/mol. The van der Waals surface area contributed by atoms with Crippen LogP contribution < -0.4 is 24.8 Å². The molecule has 0 saturated carbocycles. The van der Waals surface area contributed by atoms with Gasteiger partial charge in [-0.1, -0.05) is 13.0 Å². The Morgan fingerprint density at radius 1 is 1.15 bits per heavy atom. The number of rotatable bonds is 9. The molecule has 0 bridgehead atoms. The third-order valence-electron chi connectivity index (χ3n) is 5.20. The molecule has 1 unspecified atom stereocenters. The molecule has 6 heteroatoms. The number of benzene rings is 1. The fourth-order valence-electron chi connectivity index (χ4n) is 3.64. The molecule has 1 saturated heterocycles. The van der Waals surface area contributed by atoms with Gasteiger partial charge in [0.05, 0.1) is 21.3 Å². The van der Waals surface area contributed by atoms with Gasteiger partial charge in [0.25, 0.3) is 0 Å². The van der Waals surface area contributed by atoms with E-state index < -0.39 is 0 Å². The Labute approximate surface area is 156 Å². The monoisotopic (exact) mass is 364 g/mol. The van der Waals surface area contributed by atoms with Gasteiger partial charge < -0.3 is 24.8 Å². The summed E-state index contributed by atoms with van der Waals surface area (Å²) in [5, 5.41) is 6.41. The number of methoxy groups -OCH3 is 3. The molecule has 1 heterocycles. The summed E-state index contributed by atoms with van der Waals surface area (Å²) in [5.41, 5.74) is 0.983. The molecule has 1 atom stereocenters. The smallest absolute Gasteiger partial charge is 0.220 e. The highest BCUT2D eigenvalue weighted by Crippen LogP contribution is 2.39. The molecule has 2 rings (SSSR count). The summed E-state index contributed by atoms with van der Waals surface area (Å²) in [4.78, 5) is 12.3. The molecule has 26 heavy (non-hydrogen) atoms. The lowest BCUT2D eigenvalue weighted by Crippen LogP contribution is -2.34. The molecule has 0 aromatic heterocycles. The Hall–Kier alpha value is -1.95. The molecule has 1 aromatic carbocycles. The van der Waals surface area contributed by atoms with Gasteiger partial charge in [-0.05, 0) is 50.3 Å². The normalized spacial score (nSPS) is 16.0. The van der Waals surface area contributed by atoms with E-state index in [1.165, 1.54) is 0 Å². The molecule has 1 fully saturated rings. The van der Waals surface area contributed by atoms with E-state index in [4.69, 9.17) is 14.2 Å². The number of amides is 1. The van der Waals surface area contributed by atoms with E-state index in [-0.39, 0.29) is 5.91 Å². The second-order valence-corrected chi connectivity index (χ2v) is 6.86. The summed E-state index contributed by atoms with van der Waals surface area (Å²) in [5.74, 6) is 3.06. The molecule has 2 N–H and O–H groups in total. The molecule has 1 aromatic rings. The zero-order chi connectivity index (χ0) is 18.9. The highest BCUT2D eigenvalue weighted by Gasteiger charge is 2.22. The summed E-state index contributed by atoms with van der Waals surface area (Å²) >= 11 is 0. The van der Waals surface area contributed by atoms with Crippen molar-refractivity contribution in [3.63, 3.8) is 0 Å². The molecular formula is C20H32N2O4. The van der Waals surface area contributed by atoms with Crippen molar-refractivity contribution in [2.24, 2.45) is 11.8 Å².